The maximum Gasteiger partial charge on any atom is 0.0541 e. The molecule has 0 aliphatic carbocycles. The number of nitrogens with zero attached hydrogens (tertiary/aromatic N) is 4. The van der Waals surface area contributed by atoms with Gasteiger partial charge >= 0.3 is 0 Å². The summed E-state index contributed by atoms with van der Waals surface area (Å²) in [6.07, 6.45) is 0. The van der Waals surface area contributed by atoms with Crippen LogP contribution in [0.5, 0.6) is 0 Å². The van der Waals surface area contributed by atoms with Crippen LogP contribution in [0.1, 0.15) is 0 Å². The molecule has 0 atom stereocenters. The second-order valence-corrected chi connectivity index (χ2v) is 26.0. The van der Waals surface area contributed by atoms with Crippen LogP contribution in [0.25, 0.3) is 177 Å². The highest BCUT2D eigenvalue weighted by Gasteiger charge is 2.19. The Bertz CT molecular complexity index is 6490. The smallest absolute Gasteiger partial charge is 0.0541 e. The number of benzene rings is 16. The van der Waals surface area contributed by atoms with E-state index in [0.29, 0.717) is 0 Å². The molecule has 468 valence electrons. The number of hydrogen-bond donors (Lipinski definition) is 0. The van der Waals surface area contributed by atoms with Crippen molar-refractivity contribution in [3.05, 3.63) is 388 Å². The van der Waals surface area contributed by atoms with Gasteiger partial charge in [0, 0.05) is 65.8 Å². The van der Waals surface area contributed by atoms with Gasteiger partial charge in [0.15, 0.2) is 0 Å². The van der Waals surface area contributed by atoms with E-state index in [9.17, 15) is 0 Å². The number of fused-ring (bicyclic) bond motifs is 12. The molecule has 0 N–H and O–H groups in total. The minimum Gasteiger partial charge on any atom is -0.309 e. The van der Waals surface area contributed by atoms with Gasteiger partial charge < -0.3 is 18.3 Å². The Morgan fingerprint density at radius 2 is 0.310 bits per heavy atom. The van der Waals surface area contributed by atoms with E-state index in [1.807, 2.05) is 0 Å². The summed E-state index contributed by atoms with van der Waals surface area (Å²) >= 11 is 0. The van der Waals surface area contributed by atoms with Crippen molar-refractivity contribution in [2.45, 2.75) is 0 Å². The van der Waals surface area contributed by atoms with Gasteiger partial charge in [0.25, 0.3) is 0 Å². The number of aromatic nitrogens is 4. The fraction of sp³-hybridized carbons (Fsp3) is 0. The number of hydrogen-bond acceptors (Lipinski definition) is 0. The first-order valence-electron chi connectivity index (χ1n) is 34.4. The lowest BCUT2D eigenvalue weighted by molar-refractivity contribution is 1.18. The molecule has 0 saturated carbocycles. The van der Waals surface area contributed by atoms with Gasteiger partial charge in [-0.15, -0.1) is 0 Å². The Kier molecular flexibility index (Phi) is 14.2. The van der Waals surface area contributed by atoms with Gasteiger partial charge in [0.05, 0.1) is 44.1 Å². The Hall–Kier alpha value is -13.3. The van der Waals surface area contributed by atoms with Crippen molar-refractivity contribution in [1.29, 1.82) is 0 Å². The lowest BCUT2D eigenvalue weighted by Crippen LogP contribution is -1.94. The van der Waals surface area contributed by atoms with E-state index >= 15 is 0 Å². The second-order valence-electron chi connectivity index (χ2n) is 26.0. The molecule has 0 unspecified atom stereocenters. The fourth-order valence-electron chi connectivity index (χ4n) is 15.5. The number of para-hydroxylation sites is 6. The molecule has 0 radical (unpaired) electrons. The third-order valence-corrected chi connectivity index (χ3v) is 20.2. The third kappa shape index (κ3) is 10.1. The van der Waals surface area contributed by atoms with E-state index < -0.39 is 0 Å². The summed E-state index contributed by atoms with van der Waals surface area (Å²) in [5, 5.41) is 10.1. The van der Waals surface area contributed by atoms with Crippen LogP contribution in [-0.4, -0.2) is 18.3 Å². The molecule has 0 aliphatic heterocycles. The van der Waals surface area contributed by atoms with Gasteiger partial charge in [0.2, 0.25) is 0 Å². The summed E-state index contributed by atoms with van der Waals surface area (Å²) in [4.78, 5) is 0. The van der Waals surface area contributed by atoms with Crippen molar-refractivity contribution in [3.63, 3.8) is 0 Å². The van der Waals surface area contributed by atoms with Crippen molar-refractivity contribution in [2.75, 3.05) is 0 Å². The van der Waals surface area contributed by atoms with Crippen molar-refractivity contribution in [3.8, 4) is 89.5 Å². The molecule has 0 spiro atoms. The van der Waals surface area contributed by atoms with Crippen LogP contribution < -0.4 is 0 Å². The van der Waals surface area contributed by atoms with Gasteiger partial charge in [-0.25, -0.2) is 0 Å². The van der Waals surface area contributed by atoms with Crippen molar-refractivity contribution in [1.82, 2.24) is 18.3 Å². The summed E-state index contributed by atoms with van der Waals surface area (Å²) in [6.45, 7) is 0. The van der Waals surface area contributed by atoms with Crippen LogP contribution in [0.15, 0.2) is 388 Å². The van der Waals surface area contributed by atoms with E-state index in [0.717, 1.165) is 5.69 Å². The molecule has 4 heterocycles. The predicted molar refractivity (Wildman–Crippen MR) is 423 cm³/mol. The maximum atomic E-state index is 2.40. The lowest BCUT2D eigenvalue weighted by Gasteiger charge is -2.11. The monoisotopic (exact) mass is 1270 g/mol. The minimum atomic E-state index is 1.16. The topological polar surface area (TPSA) is 19.7 Å². The summed E-state index contributed by atoms with van der Waals surface area (Å²) in [5.41, 5.74) is 29.0. The maximum absolute atomic E-state index is 2.40. The molecular formula is C96H64N4. The average Bonchev–Trinajstić information content (AvgIpc) is 1.61. The standard InChI is InChI=1S/2C48H32N2/c1-3-13-33(14-4-1)36-17-12-20-40(30-36)50-46-24-10-8-22-42(46)44-32-38(26-28-48(44)50)35-16-11-15-34(29-35)37-25-27-47-43(31-37)41-21-7-9-23-45(41)49(47)39-18-5-2-6-19-39;1-3-12-33(13-4-1)36-14-11-17-40(30-36)50-46-21-10-8-19-42(46)44-32-38(27-29-48(44)50)35-24-22-34(23-25-35)37-26-28-47-43(31-37)41-18-7-9-20-45(41)49(47)39-15-5-2-6-16-39/h2*1-32H. The molecule has 20 aromatic rings. The molecule has 0 amide bonds. The van der Waals surface area contributed by atoms with E-state index in [-0.39, 0.29) is 0 Å². The molecule has 4 aromatic heterocycles. The van der Waals surface area contributed by atoms with Gasteiger partial charge in [-0.2, -0.15) is 0 Å². The highest BCUT2D eigenvalue weighted by molar-refractivity contribution is 6.14. The van der Waals surface area contributed by atoms with E-state index in [1.54, 1.807) is 0 Å². The van der Waals surface area contributed by atoms with Crippen LogP contribution in [-0.2, 0) is 0 Å². The van der Waals surface area contributed by atoms with Crippen molar-refractivity contribution in [2.24, 2.45) is 0 Å². The highest BCUT2D eigenvalue weighted by atomic mass is 15.0. The summed E-state index contributed by atoms with van der Waals surface area (Å²) in [5.74, 6) is 0. The van der Waals surface area contributed by atoms with Gasteiger partial charge in [-0.05, 0) is 194 Å². The Labute approximate surface area is 579 Å². The second kappa shape index (κ2) is 24.4. The van der Waals surface area contributed by atoms with E-state index in [1.165, 1.54) is 171 Å². The molecule has 20 rings (SSSR count). The normalized spacial score (nSPS) is 11.6. The van der Waals surface area contributed by atoms with Crippen LogP contribution in [0.2, 0.25) is 0 Å². The van der Waals surface area contributed by atoms with Gasteiger partial charge in [0.1, 0.15) is 0 Å². The summed E-state index contributed by atoms with van der Waals surface area (Å²) in [7, 11) is 0. The first kappa shape index (κ1) is 58.1. The van der Waals surface area contributed by atoms with Crippen molar-refractivity contribution < 1.29 is 0 Å². The molecule has 16 aromatic carbocycles. The van der Waals surface area contributed by atoms with Crippen LogP contribution in [0, 0.1) is 0 Å². The highest BCUT2D eigenvalue weighted by Crippen LogP contribution is 2.42. The quantitative estimate of drug-likeness (QED) is 0.130. The van der Waals surface area contributed by atoms with Crippen LogP contribution in [0.3, 0.4) is 0 Å². The molecular weight excluding hydrogens is 1210 g/mol. The summed E-state index contributed by atoms with van der Waals surface area (Å²) in [6, 6.07) is 141. The number of rotatable bonds is 10. The minimum absolute atomic E-state index is 1.16. The Morgan fingerprint density at radius 3 is 0.640 bits per heavy atom. The molecule has 0 bridgehead atoms. The average molecular weight is 1270 g/mol. The van der Waals surface area contributed by atoms with E-state index in [4.69, 9.17) is 0 Å². The zero-order chi connectivity index (χ0) is 66.0. The Morgan fingerprint density at radius 1 is 0.110 bits per heavy atom. The zero-order valence-corrected chi connectivity index (χ0v) is 54.7. The van der Waals surface area contributed by atoms with Crippen LogP contribution >= 0.6 is 0 Å². The SMILES string of the molecule is c1ccc(-c2cccc(-n3c4ccccc4c4cc(-c5ccc(-c6ccc7c(c6)c6ccccc6n7-c6ccccc6)cc5)ccc43)c2)cc1.c1ccc(-c2cccc(-n3c4ccccc4c4cc(-c5cccc(-c6ccc7c(c6)c6ccccc6n7-c6ccccc6)c5)ccc43)c2)cc1. The van der Waals surface area contributed by atoms with Gasteiger partial charge in [-0.3, -0.25) is 0 Å². The largest absolute Gasteiger partial charge is 0.309 e. The first-order valence-corrected chi connectivity index (χ1v) is 34.4. The molecule has 0 saturated heterocycles. The third-order valence-electron chi connectivity index (χ3n) is 20.2. The molecule has 0 fully saturated rings. The molecule has 4 heteroatoms. The van der Waals surface area contributed by atoms with E-state index in [2.05, 4.69) is 407 Å². The zero-order valence-electron chi connectivity index (χ0n) is 54.7. The molecule has 4 nitrogen and oxygen atoms in total. The first-order chi connectivity index (χ1) is 49.6. The fourth-order valence-corrected chi connectivity index (χ4v) is 15.5. The molecule has 100 heavy (non-hydrogen) atoms. The molecule has 0 aliphatic rings. The lowest BCUT2D eigenvalue weighted by atomic mass is 9.97. The predicted octanol–water partition coefficient (Wildman–Crippen LogP) is 25.8. The van der Waals surface area contributed by atoms with Crippen molar-refractivity contribution >= 4 is 87.2 Å². The van der Waals surface area contributed by atoms with Gasteiger partial charge in [-0.1, -0.05) is 261 Å². The van der Waals surface area contributed by atoms with Crippen LogP contribution in [0.4, 0.5) is 0 Å². The Balaban J connectivity index is 0.000000139. The summed E-state index contributed by atoms with van der Waals surface area (Å²) < 4.78 is 9.53.